The van der Waals surface area contributed by atoms with Crippen LogP contribution in [0.25, 0.3) is 5.69 Å². The normalized spacial score (nSPS) is 16.4. The van der Waals surface area contributed by atoms with Crippen LogP contribution in [0.4, 0.5) is 5.95 Å². The van der Waals surface area contributed by atoms with Gasteiger partial charge in [-0.15, -0.1) is 11.6 Å². The molecule has 0 fully saturated rings. The van der Waals surface area contributed by atoms with Gasteiger partial charge in [0.2, 0.25) is 0 Å². The smallest absolute Gasteiger partial charge is 0.250 e. The van der Waals surface area contributed by atoms with Crippen molar-refractivity contribution in [2.45, 2.75) is 10.9 Å². The Balaban J connectivity index is 1.61. The molecule has 3 heterocycles. The Labute approximate surface area is 222 Å². The number of imidazole rings is 1. The van der Waals surface area contributed by atoms with Gasteiger partial charge in [0, 0.05) is 29.7 Å². The SMILES string of the molecule is CN1c2nnnn2-c2ccc(C(Cl)(c3ccc(Cl)cc3)c3cncn3C)cc2C1c1cccc(Cl)c1. The van der Waals surface area contributed by atoms with Crippen LogP contribution in [0.5, 0.6) is 0 Å². The first-order valence-electron chi connectivity index (χ1n) is 11.2. The molecule has 2 atom stereocenters. The van der Waals surface area contributed by atoms with E-state index in [1.165, 1.54) is 0 Å². The number of tetrazole rings is 1. The second-order valence-electron chi connectivity index (χ2n) is 8.79. The summed E-state index contributed by atoms with van der Waals surface area (Å²) in [7, 11) is 3.90. The van der Waals surface area contributed by atoms with Crippen molar-refractivity contribution in [1.29, 1.82) is 0 Å². The van der Waals surface area contributed by atoms with Gasteiger partial charge < -0.3 is 9.47 Å². The van der Waals surface area contributed by atoms with Gasteiger partial charge in [0.15, 0.2) is 0 Å². The average Bonchev–Trinajstić information content (AvgIpc) is 3.54. The summed E-state index contributed by atoms with van der Waals surface area (Å²) >= 11 is 20.2. The van der Waals surface area contributed by atoms with Crippen molar-refractivity contribution in [3.63, 3.8) is 0 Å². The summed E-state index contributed by atoms with van der Waals surface area (Å²) < 4.78 is 3.67. The number of halogens is 3. The molecule has 2 aromatic heterocycles. The summed E-state index contributed by atoms with van der Waals surface area (Å²) in [6, 6.07) is 21.4. The fourth-order valence-corrected chi connectivity index (χ4v) is 5.72. The molecule has 0 bridgehead atoms. The first kappa shape index (κ1) is 23.0. The lowest BCUT2D eigenvalue weighted by Gasteiger charge is -2.36. The minimum atomic E-state index is -1.02. The third-order valence-corrected chi connectivity index (χ3v) is 7.80. The maximum atomic E-state index is 7.61. The van der Waals surface area contributed by atoms with E-state index in [4.69, 9.17) is 34.8 Å². The van der Waals surface area contributed by atoms with E-state index in [1.54, 1.807) is 17.2 Å². The summed E-state index contributed by atoms with van der Waals surface area (Å²) in [6.07, 6.45) is 3.54. The van der Waals surface area contributed by atoms with Crippen LogP contribution >= 0.6 is 34.8 Å². The third-order valence-electron chi connectivity index (χ3n) is 6.68. The van der Waals surface area contributed by atoms with Crippen LogP contribution in [-0.2, 0) is 11.9 Å². The van der Waals surface area contributed by atoms with E-state index < -0.39 is 4.87 Å². The quantitative estimate of drug-likeness (QED) is 0.273. The number of hydrogen-bond acceptors (Lipinski definition) is 5. The van der Waals surface area contributed by atoms with Crippen molar-refractivity contribution >= 4 is 40.8 Å². The highest BCUT2D eigenvalue weighted by molar-refractivity contribution is 6.31. The number of benzene rings is 3. The highest BCUT2D eigenvalue weighted by atomic mass is 35.5. The molecule has 0 saturated heterocycles. The number of nitrogens with zero attached hydrogens (tertiary/aromatic N) is 7. The maximum absolute atomic E-state index is 7.61. The summed E-state index contributed by atoms with van der Waals surface area (Å²) in [5, 5.41) is 13.7. The van der Waals surface area contributed by atoms with E-state index in [1.807, 2.05) is 78.2 Å². The molecule has 10 heteroatoms. The van der Waals surface area contributed by atoms with Crippen LogP contribution in [0.15, 0.2) is 79.3 Å². The summed E-state index contributed by atoms with van der Waals surface area (Å²) in [4.78, 5) is 5.37. The molecule has 0 saturated carbocycles. The summed E-state index contributed by atoms with van der Waals surface area (Å²) in [6.45, 7) is 0. The number of rotatable bonds is 4. The number of aryl methyl sites for hydroxylation is 1. The molecular formula is C26H20Cl3N7. The van der Waals surface area contributed by atoms with Gasteiger partial charge in [-0.25, -0.2) is 4.98 Å². The molecule has 0 N–H and O–H groups in total. The topological polar surface area (TPSA) is 64.7 Å². The minimum Gasteiger partial charge on any atom is -0.336 e. The molecule has 0 spiro atoms. The Hall–Kier alpha value is -3.39. The van der Waals surface area contributed by atoms with Crippen LogP contribution in [0.1, 0.15) is 34.0 Å². The summed E-state index contributed by atoms with van der Waals surface area (Å²) in [5.41, 5.74) is 5.48. The van der Waals surface area contributed by atoms with Crippen molar-refractivity contribution < 1.29 is 0 Å². The van der Waals surface area contributed by atoms with E-state index in [-0.39, 0.29) is 6.04 Å². The van der Waals surface area contributed by atoms with E-state index in [0.29, 0.717) is 16.0 Å². The van der Waals surface area contributed by atoms with Crippen molar-refractivity contribution in [2.75, 3.05) is 11.9 Å². The number of aromatic nitrogens is 6. The molecule has 1 aliphatic heterocycles. The van der Waals surface area contributed by atoms with Gasteiger partial charge in [0.1, 0.15) is 4.87 Å². The minimum absolute atomic E-state index is 0.185. The first-order valence-corrected chi connectivity index (χ1v) is 12.3. The Morgan fingerprint density at radius 3 is 2.39 bits per heavy atom. The average molecular weight is 537 g/mol. The van der Waals surface area contributed by atoms with Crippen molar-refractivity contribution in [3.05, 3.63) is 117 Å². The largest absolute Gasteiger partial charge is 0.336 e. The predicted octanol–water partition coefficient (Wildman–Crippen LogP) is 5.77. The Bertz CT molecular complexity index is 1580. The molecular weight excluding hydrogens is 517 g/mol. The molecule has 36 heavy (non-hydrogen) atoms. The molecule has 7 nitrogen and oxygen atoms in total. The van der Waals surface area contributed by atoms with E-state index in [9.17, 15) is 0 Å². The fraction of sp³-hybridized carbons (Fsp3) is 0.154. The van der Waals surface area contributed by atoms with Crippen LogP contribution < -0.4 is 4.90 Å². The van der Waals surface area contributed by atoms with Crippen LogP contribution in [0, 0.1) is 0 Å². The van der Waals surface area contributed by atoms with Crippen LogP contribution in [0.2, 0.25) is 10.0 Å². The van der Waals surface area contributed by atoms with Gasteiger partial charge in [-0.2, -0.15) is 4.68 Å². The van der Waals surface area contributed by atoms with Crippen molar-refractivity contribution in [1.82, 2.24) is 29.8 Å². The van der Waals surface area contributed by atoms with Gasteiger partial charge in [-0.3, -0.25) is 0 Å². The molecule has 1 aliphatic rings. The summed E-state index contributed by atoms with van der Waals surface area (Å²) in [5.74, 6) is 0.640. The number of anilines is 1. The van der Waals surface area contributed by atoms with Gasteiger partial charge in [-0.1, -0.05) is 58.6 Å². The second kappa shape index (κ2) is 8.62. The van der Waals surface area contributed by atoms with Crippen LogP contribution in [-0.4, -0.2) is 36.8 Å². The highest BCUT2D eigenvalue weighted by Gasteiger charge is 2.40. The van der Waals surface area contributed by atoms with Crippen molar-refractivity contribution in [3.8, 4) is 5.69 Å². The molecule has 3 aromatic carbocycles. The lowest BCUT2D eigenvalue weighted by Crippen LogP contribution is -2.34. The van der Waals surface area contributed by atoms with Crippen molar-refractivity contribution in [2.24, 2.45) is 7.05 Å². The lowest BCUT2D eigenvalue weighted by atomic mass is 9.84. The lowest BCUT2D eigenvalue weighted by molar-refractivity contribution is 0.672. The Morgan fingerprint density at radius 1 is 0.889 bits per heavy atom. The molecule has 0 radical (unpaired) electrons. The Kier molecular flexibility index (Phi) is 5.52. The zero-order valence-corrected chi connectivity index (χ0v) is 21.6. The van der Waals surface area contributed by atoms with Gasteiger partial charge in [-0.05, 0) is 63.5 Å². The van der Waals surface area contributed by atoms with E-state index >= 15 is 0 Å². The monoisotopic (exact) mass is 535 g/mol. The van der Waals surface area contributed by atoms with E-state index in [2.05, 4.69) is 32.6 Å². The molecule has 0 aliphatic carbocycles. The van der Waals surface area contributed by atoms with Crippen LogP contribution in [0.3, 0.4) is 0 Å². The van der Waals surface area contributed by atoms with Gasteiger partial charge >= 0.3 is 0 Å². The predicted molar refractivity (Wildman–Crippen MR) is 141 cm³/mol. The van der Waals surface area contributed by atoms with Gasteiger partial charge in [0.25, 0.3) is 5.95 Å². The number of fused-ring (bicyclic) bond motifs is 3. The molecule has 2 unspecified atom stereocenters. The fourth-order valence-electron chi connectivity index (χ4n) is 4.97. The maximum Gasteiger partial charge on any atom is 0.250 e. The number of hydrogen-bond donors (Lipinski definition) is 0. The molecule has 5 aromatic rings. The third kappa shape index (κ3) is 3.50. The highest BCUT2D eigenvalue weighted by Crippen LogP contribution is 2.47. The number of alkyl halides is 1. The molecule has 6 rings (SSSR count). The standard InChI is InChI=1S/C26H20Cl3N7/c1-34-15-30-14-23(34)26(29,17-6-9-19(27)10-7-17)18-8-11-22-21(13-18)24(16-4-3-5-20(28)12-16)35(2)25-31-32-33-36(22)25/h3-15,24H,1-2H3. The second-order valence-corrected chi connectivity index (χ2v) is 10.2. The van der Waals surface area contributed by atoms with E-state index in [0.717, 1.165) is 33.6 Å². The zero-order chi connectivity index (χ0) is 25.0. The molecule has 180 valence electrons. The molecule has 0 amide bonds. The van der Waals surface area contributed by atoms with Gasteiger partial charge in [0.05, 0.1) is 29.9 Å². The Morgan fingerprint density at radius 2 is 1.67 bits per heavy atom. The zero-order valence-electron chi connectivity index (χ0n) is 19.3. The first-order chi connectivity index (χ1) is 17.4.